The molecular weight excluding hydrogens is 264 g/mol. The second kappa shape index (κ2) is 5.79. The van der Waals surface area contributed by atoms with Crippen LogP contribution in [0.5, 0.6) is 5.75 Å². The highest BCUT2D eigenvalue weighted by Crippen LogP contribution is 2.21. The molecule has 1 aromatic carbocycles. The van der Waals surface area contributed by atoms with E-state index in [4.69, 9.17) is 9.84 Å². The molecule has 0 spiro atoms. The molecule has 7 nitrogen and oxygen atoms in total. The molecule has 1 saturated heterocycles. The molecule has 2 rings (SSSR count). The zero-order valence-electron chi connectivity index (χ0n) is 10.9. The van der Waals surface area contributed by atoms with Crippen LogP contribution in [0.25, 0.3) is 0 Å². The number of benzene rings is 1. The quantitative estimate of drug-likeness (QED) is 0.626. The molecule has 2 atom stereocenters. The van der Waals surface area contributed by atoms with Crippen molar-refractivity contribution in [3.05, 3.63) is 23.8 Å². The van der Waals surface area contributed by atoms with Gasteiger partial charge in [0, 0.05) is 12.3 Å². The third-order valence-electron chi connectivity index (χ3n) is 3.18. The van der Waals surface area contributed by atoms with E-state index in [0.717, 1.165) is 6.42 Å². The molecule has 108 valence electrons. The number of nitrogens with one attached hydrogen (secondary N) is 2. The number of anilines is 1. The fourth-order valence-electron chi connectivity index (χ4n) is 2.04. The molecule has 0 bridgehead atoms. The standard InChI is InChI=1S/C13H16N2O5/c1-7-10(4-5-20-7)15-13(19)14-8-2-3-11(16)9(6-8)12(17)18/h2-3,6-7,10,16H,4-5H2,1H3,(H,17,18)(H2,14,15,19). The maximum atomic E-state index is 11.8. The van der Waals surface area contributed by atoms with E-state index in [2.05, 4.69) is 10.6 Å². The lowest BCUT2D eigenvalue weighted by atomic mass is 10.1. The van der Waals surface area contributed by atoms with Crippen molar-refractivity contribution in [1.29, 1.82) is 0 Å². The molecule has 7 heteroatoms. The van der Waals surface area contributed by atoms with Crippen LogP contribution >= 0.6 is 0 Å². The largest absolute Gasteiger partial charge is 0.507 e. The summed E-state index contributed by atoms with van der Waals surface area (Å²) >= 11 is 0. The monoisotopic (exact) mass is 280 g/mol. The van der Waals surface area contributed by atoms with Gasteiger partial charge in [-0.3, -0.25) is 0 Å². The summed E-state index contributed by atoms with van der Waals surface area (Å²) < 4.78 is 5.33. The number of aromatic hydroxyl groups is 1. The fraction of sp³-hybridized carbons (Fsp3) is 0.385. The number of rotatable bonds is 3. The number of urea groups is 1. The van der Waals surface area contributed by atoms with Gasteiger partial charge in [-0.25, -0.2) is 9.59 Å². The van der Waals surface area contributed by atoms with Crippen LogP contribution in [-0.4, -0.2) is 41.0 Å². The van der Waals surface area contributed by atoms with Gasteiger partial charge in [-0.15, -0.1) is 0 Å². The van der Waals surface area contributed by atoms with E-state index in [9.17, 15) is 14.7 Å². The fourth-order valence-corrected chi connectivity index (χ4v) is 2.04. The summed E-state index contributed by atoms with van der Waals surface area (Å²) in [7, 11) is 0. The first-order valence-electron chi connectivity index (χ1n) is 6.23. The Bertz CT molecular complexity index is 531. The van der Waals surface area contributed by atoms with Crippen LogP contribution < -0.4 is 10.6 Å². The van der Waals surface area contributed by atoms with E-state index < -0.39 is 12.0 Å². The van der Waals surface area contributed by atoms with Crippen molar-refractivity contribution in [2.75, 3.05) is 11.9 Å². The molecule has 0 saturated carbocycles. The topological polar surface area (TPSA) is 108 Å². The van der Waals surface area contributed by atoms with Gasteiger partial charge in [0.25, 0.3) is 0 Å². The lowest BCUT2D eigenvalue weighted by molar-refractivity contribution is 0.0693. The molecule has 1 heterocycles. The lowest BCUT2D eigenvalue weighted by Gasteiger charge is -2.16. The van der Waals surface area contributed by atoms with E-state index in [0.29, 0.717) is 12.3 Å². The number of carboxylic acids is 1. The summed E-state index contributed by atoms with van der Waals surface area (Å²) in [6, 6.07) is 3.35. The summed E-state index contributed by atoms with van der Waals surface area (Å²) in [6.07, 6.45) is 0.694. The molecule has 1 aromatic rings. The van der Waals surface area contributed by atoms with Crippen LogP contribution in [0, 0.1) is 0 Å². The first kappa shape index (κ1) is 14.1. The van der Waals surface area contributed by atoms with Crippen LogP contribution in [0.15, 0.2) is 18.2 Å². The summed E-state index contributed by atoms with van der Waals surface area (Å²) in [6.45, 7) is 2.48. The highest BCUT2D eigenvalue weighted by atomic mass is 16.5. The predicted molar refractivity (Wildman–Crippen MR) is 71.0 cm³/mol. The Labute approximate surface area is 115 Å². The van der Waals surface area contributed by atoms with E-state index in [1.807, 2.05) is 6.92 Å². The number of hydrogen-bond donors (Lipinski definition) is 4. The molecule has 1 aliphatic rings. The number of aromatic carboxylic acids is 1. The van der Waals surface area contributed by atoms with E-state index in [1.165, 1.54) is 18.2 Å². The van der Waals surface area contributed by atoms with Crippen LogP contribution in [0.1, 0.15) is 23.7 Å². The van der Waals surface area contributed by atoms with Gasteiger partial charge in [0.1, 0.15) is 11.3 Å². The molecule has 0 radical (unpaired) electrons. The van der Waals surface area contributed by atoms with E-state index in [-0.39, 0.29) is 23.5 Å². The average molecular weight is 280 g/mol. The third-order valence-corrected chi connectivity index (χ3v) is 3.18. The predicted octanol–water partition coefficient (Wildman–Crippen LogP) is 1.39. The van der Waals surface area contributed by atoms with Crippen LogP contribution in [-0.2, 0) is 4.74 Å². The molecule has 0 aromatic heterocycles. The van der Waals surface area contributed by atoms with Gasteiger partial charge in [-0.1, -0.05) is 0 Å². The van der Waals surface area contributed by atoms with Crippen LogP contribution in [0.2, 0.25) is 0 Å². The van der Waals surface area contributed by atoms with Gasteiger partial charge in [-0.2, -0.15) is 0 Å². The Morgan fingerprint density at radius 3 is 2.75 bits per heavy atom. The number of amides is 2. The van der Waals surface area contributed by atoms with Crippen molar-refractivity contribution in [2.45, 2.75) is 25.5 Å². The summed E-state index contributed by atoms with van der Waals surface area (Å²) in [5.74, 6) is -1.61. The Kier molecular flexibility index (Phi) is 4.09. The van der Waals surface area contributed by atoms with Gasteiger partial charge in [-0.05, 0) is 31.5 Å². The first-order chi connectivity index (χ1) is 9.47. The van der Waals surface area contributed by atoms with Crippen molar-refractivity contribution >= 4 is 17.7 Å². The summed E-state index contributed by atoms with van der Waals surface area (Å²) in [4.78, 5) is 22.7. The summed E-state index contributed by atoms with van der Waals surface area (Å²) in [5, 5.41) is 23.5. The second-order valence-electron chi connectivity index (χ2n) is 4.61. The number of carbonyl (C=O) groups excluding carboxylic acids is 1. The maximum Gasteiger partial charge on any atom is 0.339 e. The maximum absolute atomic E-state index is 11.8. The number of carbonyl (C=O) groups is 2. The molecule has 1 aliphatic heterocycles. The molecule has 1 fully saturated rings. The first-order valence-corrected chi connectivity index (χ1v) is 6.23. The van der Waals surface area contributed by atoms with Crippen molar-refractivity contribution < 1.29 is 24.5 Å². The molecular formula is C13H16N2O5. The number of hydrogen-bond acceptors (Lipinski definition) is 4. The second-order valence-corrected chi connectivity index (χ2v) is 4.61. The Morgan fingerprint density at radius 1 is 1.40 bits per heavy atom. The molecule has 0 aliphatic carbocycles. The van der Waals surface area contributed by atoms with Crippen molar-refractivity contribution in [1.82, 2.24) is 5.32 Å². The minimum Gasteiger partial charge on any atom is -0.507 e. The molecule has 2 amide bonds. The lowest BCUT2D eigenvalue weighted by Crippen LogP contribution is -2.41. The van der Waals surface area contributed by atoms with Crippen molar-refractivity contribution in [3.63, 3.8) is 0 Å². The zero-order chi connectivity index (χ0) is 14.7. The minimum absolute atomic E-state index is 0.0462. The number of carboxylic acid groups (broad SMARTS) is 1. The third kappa shape index (κ3) is 3.18. The molecule has 20 heavy (non-hydrogen) atoms. The van der Waals surface area contributed by atoms with Gasteiger partial charge >= 0.3 is 12.0 Å². The van der Waals surface area contributed by atoms with Crippen molar-refractivity contribution in [3.8, 4) is 5.75 Å². The summed E-state index contributed by atoms with van der Waals surface area (Å²) in [5.41, 5.74) is 0.0321. The van der Waals surface area contributed by atoms with Gasteiger partial charge in [0.2, 0.25) is 0 Å². The highest BCUT2D eigenvalue weighted by molar-refractivity contribution is 5.95. The van der Waals surface area contributed by atoms with E-state index in [1.54, 1.807) is 0 Å². The van der Waals surface area contributed by atoms with Gasteiger partial charge in [0.15, 0.2) is 0 Å². The minimum atomic E-state index is -1.26. The van der Waals surface area contributed by atoms with Gasteiger partial charge in [0.05, 0.1) is 12.1 Å². The Morgan fingerprint density at radius 2 is 2.15 bits per heavy atom. The Hall–Kier alpha value is -2.28. The zero-order valence-corrected chi connectivity index (χ0v) is 10.9. The van der Waals surface area contributed by atoms with E-state index >= 15 is 0 Å². The average Bonchev–Trinajstić information content (AvgIpc) is 2.77. The Balaban J connectivity index is 2.00. The van der Waals surface area contributed by atoms with Gasteiger partial charge < -0.3 is 25.6 Å². The normalized spacial score (nSPS) is 21.4. The van der Waals surface area contributed by atoms with Crippen LogP contribution in [0.4, 0.5) is 10.5 Å². The molecule has 2 unspecified atom stereocenters. The van der Waals surface area contributed by atoms with Crippen LogP contribution in [0.3, 0.4) is 0 Å². The number of ether oxygens (including phenoxy) is 1. The smallest absolute Gasteiger partial charge is 0.339 e. The molecule has 4 N–H and O–H groups in total. The number of phenols is 1. The highest BCUT2D eigenvalue weighted by Gasteiger charge is 2.25. The van der Waals surface area contributed by atoms with Crippen molar-refractivity contribution in [2.24, 2.45) is 0 Å². The SMILES string of the molecule is CC1OCCC1NC(=O)Nc1ccc(O)c(C(=O)O)c1.